The summed E-state index contributed by atoms with van der Waals surface area (Å²) in [6, 6.07) is 4.76. The van der Waals surface area contributed by atoms with Crippen LogP contribution in [-0.2, 0) is 0 Å². The number of fused-ring (bicyclic) bond motifs is 3. The van der Waals surface area contributed by atoms with Gasteiger partial charge < -0.3 is 4.74 Å². The van der Waals surface area contributed by atoms with Crippen molar-refractivity contribution in [2.45, 2.75) is 18.4 Å². The second kappa shape index (κ2) is 1.58. The van der Waals surface area contributed by atoms with E-state index in [1.54, 1.807) is 12.1 Å². The molecule has 1 fully saturated rings. The van der Waals surface area contributed by atoms with Crippen molar-refractivity contribution in [2.75, 3.05) is 0 Å². The maximum Gasteiger partial charge on any atom is 0.123 e. The largest absolute Gasteiger partial charge is 0.489 e. The molecule has 0 saturated heterocycles. The first kappa shape index (κ1) is 5.58. The maximum absolute atomic E-state index is 12.7. The normalized spacial score (nSPS) is 30.6. The Morgan fingerprint density at radius 2 is 2.36 bits per heavy atom. The lowest BCUT2D eigenvalue weighted by atomic mass is 10.1. The van der Waals surface area contributed by atoms with Crippen LogP contribution in [0.5, 0.6) is 5.75 Å². The lowest BCUT2D eigenvalue weighted by molar-refractivity contribution is 0.318. The lowest BCUT2D eigenvalue weighted by Gasteiger charge is -2.01. The number of halogens is 1. The van der Waals surface area contributed by atoms with Crippen LogP contribution >= 0.6 is 0 Å². The average molecular weight is 150 g/mol. The standard InChI is InChI=1S/C9H7FO/c10-5-1-2-8-6(3-5)7-4-9(7)11-8/h1-3,7,9H,4H2/t7-,9-/m1/s1. The van der Waals surface area contributed by atoms with E-state index in [0.29, 0.717) is 12.0 Å². The van der Waals surface area contributed by atoms with Crippen LogP contribution in [0.3, 0.4) is 0 Å². The van der Waals surface area contributed by atoms with Crippen molar-refractivity contribution in [1.29, 1.82) is 0 Å². The van der Waals surface area contributed by atoms with Crippen molar-refractivity contribution in [3.63, 3.8) is 0 Å². The highest BCUT2D eigenvalue weighted by Gasteiger charge is 2.47. The van der Waals surface area contributed by atoms with Crippen molar-refractivity contribution >= 4 is 0 Å². The molecule has 0 aromatic heterocycles. The highest BCUT2D eigenvalue weighted by molar-refractivity contribution is 5.45. The van der Waals surface area contributed by atoms with Gasteiger partial charge in [0.2, 0.25) is 0 Å². The summed E-state index contributed by atoms with van der Waals surface area (Å²) in [6.45, 7) is 0. The highest BCUT2D eigenvalue weighted by Crippen LogP contribution is 2.53. The molecule has 1 aromatic rings. The smallest absolute Gasteiger partial charge is 0.123 e. The Labute approximate surface area is 63.8 Å². The molecule has 0 N–H and O–H groups in total. The summed E-state index contributed by atoms with van der Waals surface area (Å²) in [5.74, 6) is 1.23. The van der Waals surface area contributed by atoms with Gasteiger partial charge >= 0.3 is 0 Å². The van der Waals surface area contributed by atoms with Crippen LogP contribution in [0.4, 0.5) is 4.39 Å². The summed E-state index contributed by atoms with van der Waals surface area (Å²) in [5, 5.41) is 0. The van der Waals surface area contributed by atoms with E-state index in [-0.39, 0.29) is 5.82 Å². The molecule has 1 saturated carbocycles. The quantitative estimate of drug-likeness (QED) is 0.550. The molecule has 0 amide bonds. The molecule has 2 aliphatic rings. The monoisotopic (exact) mass is 150 g/mol. The van der Waals surface area contributed by atoms with Gasteiger partial charge in [-0.15, -0.1) is 0 Å². The zero-order valence-electron chi connectivity index (χ0n) is 5.88. The molecule has 0 radical (unpaired) electrons. The third kappa shape index (κ3) is 0.642. The van der Waals surface area contributed by atoms with Gasteiger partial charge in [-0.25, -0.2) is 4.39 Å². The summed E-state index contributed by atoms with van der Waals surface area (Å²) in [4.78, 5) is 0. The SMILES string of the molecule is Fc1ccc2c(c1)[C@H]1C[C@H]1O2. The van der Waals surface area contributed by atoms with Gasteiger partial charge in [0, 0.05) is 11.5 Å². The van der Waals surface area contributed by atoms with Crippen LogP contribution in [-0.4, -0.2) is 6.10 Å². The Morgan fingerprint density at radius 3 is 3.27 bits per heavy atom. The second-order valence-corrected chi connectivity index (χ2v) is 3.18. The van der Waals surface area contributed by atoms with Crippen LogP contribution < -0.4 is 4.74 Å². The van der Waals surface area contributed by atoms with E-state index in [1.807, 2.05) is 0 Å². The van der Waals surface area contributed by atoms with Gasteiger partial charge in [-0.1, -0.05) is 0 Å². The van der Waals surface area contributed by atoms with Gasteiger partial charge in [-0.05, 0) is 24.6 Å². The third-order valence-corrected chi connectivity index (χ3v) is 2.38. The second-order valence-electron chi connectivity index (χ2n) is 3.18. The molecule has 2 heteroatoms. The number of ether oxygens (including phenoxy) is 1. The summed E-state index contributed by atoms with van der Waals surface area (Å²) in [6.07, 6.45) is 1.45. The Bertz CT molecular complexity index is 321. The lowest BCUT2D eigenvalue weighted by Crippen LogP contribution is -1.90. The maximum atomic E-state index is 12.7. The highest BCUT2D eigenvalue weighted by atomic mass is 19.1. The third-order valence-electron chi connectivity index (χ3n) is 2.38. The van der Waals surface area contributed by atoms with Crippen LogP contribution in [0.15, 0.2) is 18.2 Å². The first-order valence-electron chi connectivity index (χ1n) is 3.81. The minimum absolute atomic E-state index is 0.153. The minimum atomic E-state index is -0.153. The number of hydrogen-bond acceptors (Lipinski definition) is 1. The van der Waals surface area contributed by atoms with E-state index >= 15 is 0 Å². The minimum Gasteiger partial charge on any atom is -0.489 e. The first-order valence-corrected chi connectivity index (χ1v) is 3.81. The van der Waals surface area contributed by atoms with E-state index < -0.39 is 0 Å². The molecule has 0 unspecified atom stereocenters. The van der Waals surface area contributed by atoms with E-state index in [4.69, 9.17) is 4.74 Å². The van der Waals surface area contributed by atoms with Gasteiger partial charge in [-0.3, -0.25) is 0 Å². The van der Waals surface area contributed by atoms with Crippen LogP contribution in [0.1, 0.15) is 17.9 Å². The molecule has 0 bridgehead atoms. The molecule has 1 aromatic carbocycles. The van der Waals surface area contributed by atoms with Crippen molar-refractivity contribution in [1.82, 2.24) is 0 Å². The molecule has 1 nitrogen and oxygen atoms in total. The van der Waals surface area contributed by atoms with Crippen molar-refractivity contribution < 1.29 is 9.13 Å². The van der Waals surface area contributed by atoms with Gasteiger partial charge in [0.25, 0.3) is 0 Å². The molecule has 0 spiro atoms. The number of benzene rings is 1. The molecule has 1 heterocycles. The molecule has 1 aliphatic heterocycles. The Balaban J connectivity index is 2.20. The van der Waals surface area contributed by atoms with Gasteiger partial charge in [0.05, 0.1) is 0 Å². The zero-order chi connectivity index (χ0) is 7.42. The van der Waals surface area contributed by atoms with E-state index in [9.17, 15) is 4.39 Å². The summed E-state index contributed by atoms with van der Waals surface area (Å²) >= 11 is 0. The van der Waals surface area contributed by atoms with Gasteiger partial charge in [-0.2, -0.15) is 0 Å². The molecule has 1 aliphatic carbocycles. The predicted octanol–water partition coefficient (Wildman–Crippen LogP) is 2.07. The average Bonchev–Trinajstić information content (AvgIpc) is 2.67. The van der Waals surface area contributed by atoms with Crippen LogP contribution in [0, 0.1) is 5.82 Å². The Morgan fingerprint density at radius 1 is 1.45 bits per heavy atom. The molecule has 56 valence electrons. The molecular weight excluding hydrogens is 143 g/mol. The van der Waals surface area contributed by atoms with Crippen molar-refractivity contribution in [2.24, 2.45) is 0 Å². The van der Waals surface area contributed by atoms with E-state index in [1.165, 1.54) is 6.07 Å². The predicted molar refractivity (Wildman–Crippen MR) is 38.2 cm³/mol. The van der Waals surface area contributed by atoms with Crippen LogP contribution in [0.25, 0.3) is 0 Å². The Hall–Kier alpha value is -1.05. The van der Waals surface area contributed by atoms with Crippen molar-refractivity contribution in [3.05, 3.63) is 29.6 Å². The molecular formula is C9H7FO. The van der Waals surface area contributed by atoms with Gasteiger partial charge in [0.15, 0.2) is 0 Å². The van der Waals surface area contributed by atoms with E-state index in [2.05, 4.69) is 0 Å². The molecule has 2 atom stereocenters. The Kier molecular flexibility index (Phi) is 0.799. The summed E-state index contributed by atoms with van der Waals surface area (Å²) < 4.78 is 18.2. The van der Waals surface area contributed by atoms with Crippen LogP contribution in [0.2, 0.25) is 0 Å². The fourth-order valence-electron chi connectivity index (χ4n) is 1.71. The molecule has 3 rings (SSSR count). The summed E-state index contributed by atoms with van der Waals surface area (Å²) in [5.41, 5.74) is 1.06. The zero-order valence-corrected chi connectivity index (χ0v) is 5.88. The van der Waals surface area contributed by atoms with Gasteiger partial charge in [0.1, 0.15) is 17.7 Å². The topological polar surface area (TPSA) is 9.23 Å². The fourth-order valence-corrected chi connectivity index (χ4v) is 1.71. The van der Waals surface area contributed by atoms with Crippen molar-refractivity contribution in [3.8, 4) is 5.75 Å². The number of hydrogen-bond donors (Lipinski definition) is 0. The van der Waals surface area contributed by atoms with E-state index in [0.717, 1.165) is 17.7 Å². The fraction of sp³-hybridized carbons (Fsp3) is 0.333. The summed E-state index contributed by atoms with van der Waals surface area (Å²) in [7, 11) is 0. The molecule has 11 heavy (non-hydrogen) atoms. The number of rotatable bonds is 0. The first-order chi connectivity index (χ1) is 5.34.